The Morgan fingerprint density at radius 3 is 2.35 bits per heavy atom. The van der Waals surface area contributed by atoms with E-state index in [1.165, 1.54) is 0 Å². The Kier molecular flexibility index (Phi) is 6.60. The molecule has 0 spiro atoms. The van der Waals surface area contributed by atoms with Crippen LogP contribution >= 0.6 is 0 Å². The van der Waals surface area contributed by atoms with Crippen molar-refractivity contribution in [3.63, 3.8) is 0 Å². The summed E-state index contributed by atoms with van der Waals surface area (Å²) in [7, 11) is 0. The molecule has 0 aromatic heterocycles. The maximum absolute atomic E-state index is 12.0. The Bertz CT molecular complexity index is 470. The topological polar surface area (TPSA) is 44.8 Å². The first kappa shape index (κ1) is 18.0. The van der Waals surface area contributed by atoms with Gasteiger partial charge in [-0.3, -0.25) is 4.79 Å². The summed E-state index contributed by atoms with van der Waals surface area (Å²) in [6.07, 6.45) is 3.62. The van der Waals surface area contributed by atoms with Crippen LogP contribution in [0.2, 0.25) is 0 Å². The van der Waals surface area contributed by atoms with Crippen molar-refractivity contribution >= 4 is 5.97 Å². The summed E-state index contributed by atoms with van der Waals surface area (Å²) in [5.74, 6) is -0.0596. The van der Waals surface area contributed by atoms with Gasteiger partial charge in [-0.05, 0) is 52.0 Å². The van der Waals surface area contributed by atoms with Crippen molar-refractivity contribution in [3.05, 3.63) is 35.9 Å². The smallest absolute Gasteiger partial charge is 0.309 e. The molecule has 23 heavy (non-hydrogen) atoms. The Hall–Kier alpha value is -1.39. The van der Waals surface area contributed by atoms with Crippen LogP contribution in [0.15, 0.2) is 30.3 Å². The zero-order chi connectivity index (χ0) is 16.7. The lowest BCUT2D eigenvalue weighted by atomic mass is 9.87. The lowest BCUT2D eigenvalue weighted by molar-refractivity contribution is -0.163. The monoisotopic (exact) mass is 320 g/mol. The van der Waals surface area contributed by atoms with Crippen molar-refractivity contribution in [3.8, 4) is 0 Å². The van der Waals surface area contributed by atoms with Gasteiger partial charge in [-0.1, -0.05) is 30.3 Å². The normalized spacial score (nSPS) is 21.9. The maximum Gasteiger partial charge on any atom is 0.309 e. The zero-order valence-corrected chi connectivity index (χ0v) is 14.4. The molecule has 4 heteroatoms. The van der Waals surface area contributed by atoms with E-state index in [1.54, 1.807) is 0 Å². The molecule has 0 heterocycles. The van der Waals surface area contributed by atoms with E-state index in [-0.39, 0.29) is 18.0 Å². The van der Waals surface area contributed by atoms with Gasteiger partial charge in [-0.2, -0.15) is 0 Å². The molecule has 0 amide bonds. The SMILES string of the molecule is CC(C)(C)OC(=O)C1CCC(OCOCc2ccccc2)CC1. The van der Waals surface area contributed by atoms with Crippen LogP contribution in [0.25, 0.3) is 0 Å². The number of ether oxygens (including phenoxy) is 3. The Labute approximate surface area is 139 Å². The average molecular weight is 320 g/mol. The van der Waals surface area contributed by atoms with E-state index in [9.17, 15) is 4.79 Å². The summed E-state index contributed by atoms with van der Waals surface area (Å²) in [6, 6.07) is 10.1. The zero-order valence-electron chi connectivity index (χ0n) is 14.4. The van der Waals surface area contributed by atoms with Gasteiger partial charge in [0.05, 0.1) is 18.6 Å². The van der Waals surface area contributed by atoms with Gasteiger partial charge in [0.2, 0.25) is 0 Å². The fourth-order valence-corrected chi connectivity index (χ4v) is 2.73. The molecule has 1 aliphatic carbocycles. The Balaban J connectivity index is 1.60. The van der Waals surface area contributed by atoms with Gasteiger partial charge >= 0.3 is 5.97 Å². The lowest BCUT2D eigenvalue weighted by Gasteiger charge is -2.29. The van der Waals surface area contributed by atoms with E-state index >= 15 is 0 Å². The van der Waals surface area contributed by atoms with E-state index in [0.29, 0.717) is 13.4 Å². The van der Waals surface area contributed by atoms with E-state index in [1.807, 2.05) is 51.1 Å². The van der Waals surface area contributed by atoms with Gasteiger partial charge in [0.1, 0.15) is 12.4 Å². The summed E-state index contributed by atoms with van der Waals surface area (Å²) in [5.41, 5.74) is 0.736. The molecule has 0 atom stereocenters. The molecule has 0 N–H and O–H groups in total. The minimum Gasteiger partial charge on any atom is -0.460 e. The third-order valence-corrected chi connectivity index (χ3v) is 3.91. The molecule has 1 aromatic carbocycles. The molecule has 0 bridgehead atoms. The van der Waals surface area contributed by atoms with E-state index < -0.39 is 5.60 Å². The van der Waals surface area contributed by atoms with Gasteiger partial charge in [0.25, 0.3) is 0 Å². The van der Waals surface area contributed by atoms with Crippen LogP contribution in [-0.2, 0) is 25.6 Å². The van der Waals surface area contributed by atoms with Crippen molar-refractivity contribution in [2.24, 2.45) is 5.92 Å². The standard InChI is InChI=1S/C19H28O4/c1-19(2,3)23-18(20)16-9-11-17(12-10-16)22-14-21-13-15-7-5-4-6-8-15/h4-8,16-17H,9-14H2,1-3H3. The number of esters is 1. The number of carbonyl (C=O) groups is 1. The second-order valence-corrected chi connectivity index (χ2v) is 7.13. The molecule has 0 radical (unpaired) electrons. The number of carbonyl (C=O) groups excluding carboxylic acids is 1. The minimum absolute atomic E-state index is 0.0133. The summed E-state index contributed by atoms with van der Waals surface area (Å²) in [4.78, 5) is 12.0. The predicted molar refractivity (Wildman–Crippen MR) is 88.8 cm³/mol. The third-order valence-electron chi connectivity index (χ3n) is 3.91. The van der Waals surface area contributed by atoms with Crippen LogP contribution in [0.5, 0.6) is 0 Å². The van der Waals surface area contributed by atoms with Gasteiger partial charge in [-0.15, -0.1) is 0 Å². The summed E-state index contributed by atoms with van der Waals surface area (Å²) in [6.45, 7) is 6.59. The van der Waals surface area contributed by atoms with Crippen molar-refractivity contribution in [2.45, 2.75) is 64.8 Å². The molecule has 1 aliphatic rings. The molecule has 1 aromatic rings. The molecule has 128 valence electrons. The van der Waals surface area contributed by atoms with Gasteiger partial charge < -0.3 is 14.2 Å². The van der Waals surface area contributed by atoms with Crippen LogP contribution in [0, 0.1) is 5.92 Å². The van der Waals surface area contributed by atoms with Crippen LogP contribution in [-0.4, -0.2) is 24.5 Å². The second kappa shape index (κ2) is 8.46. The van der Waals surface area contributed by atoms with Gasteiger partial charge in [0.15, 0.2) is 0 Å². The summed E-state index contributed by atoms with van der Waals surface area (Å²) < 4.78 is 16.8. The van der Waals surface area contributed by atoms with Crippen LogP contribution in [0.3, 0.4) is 0 Å². The van der Waals surface area contributed by atoms with Crippen LogP contribution < -0.4 is 0 Å². The highest BCUT2D eigenvalue weighted by molar-refractivity contribution is 5.72. The summed E-state index contributed by atoms with van der Waals surface area (Å²) >= 11 is 0. The van der Waals surface area contributed by atoms with Crippen molar-refractivity contribution in [1.82, 2.24) is 0 Å². The predicted octanol–water partition coefficient (Wildman–Crippen LogP) is 4.08. The highest BCUT2D eigenvalue weighted by Gasteiger charge is 2.30. The number of benzene rings is 1. The molecule has 0 saturated heterocycles. The largest absolute Gasteiger partial charge is 0.460 e. The molecule has 1 fully saturated rings. The van der Waals surface area contributed by atoms with Crippen LogP contribution in [0.4, 0.5) is 0 Å². The number of hydrogen-bond donors (Lipinski definition) is 0. The van der Waals surface area contributed by atoms with E-state index in [4.69, 9.17) is 14.2 Å². The molecular formula is C19H28O4. The van der Waals surface area contributed by atoms with Gasteiger partial charge in [0, 0.05) is 0 Å². The highest BCUT2D eigenvalue weighted by Crippen LogP contribution is 2.28. The summed E-state index contributed by atoms with van der Waals surface area (Å²) in [5, 5.41) is 0. The molecule has 0 aliphatic heterocycles. The Morgan fingerprint density at radius 2 is 1.74 bits per heavy atom. The van der Waals surface area contributed by atoms with E-state index in [0.717, 1.165) is 31.2 Å². The van der Waals surface area contributed by atoms with Crippen molar-refractivity contribution < 1.29 is 19.0 Å². The molecule has 0 unspecified atom stereocenters. The number of rotatable bonds is 6. The Morgan fingerprint density at radius 1 is 1.09 bits per heavy atom. The van der Waals surface area contributed by atoms with Crippen LogP contribution in [0.1, 0.15) is 52.0 Å². The average Bonchev–Trinajstić information content (AvgIpc) is 2.51. The fourth-order valence-electron chi connectivity index (χ4n) is 2.73. The molecule has 2 rings (SSSR count). The molecule has 1 saturated carbocycles. The number of hydrogen-bond acceptors (Lipinski definition) is 4. The van der Waals surface area contributed by atoms with Gasteiger partial charge in [-0.25, -0.2) is 0 Å². The second-order valence-electron chi connectivity index (χ2n) is 7.13. The first-order chi connectivity index (χ1) is 10.9. The molecule has 4 nitrogen and oxygen atoms in total. The third kappa shape index (κ3) is 6.71. The quantitative estimate of drug-likeness (QED) is 0.450. The minimum atomic E-state index is -0.407. The molecular weight excluding hydrogens is 292 g/mol. The van der Waals surface area contributed by atoms with E-state index in [2.05, 4.69) is 0 Å². The maximum atomic E-state index is 12.0. The first-order valence-electron chi connectivity index (χ1n) is 8.40. The highest BCUT2D eigenvalue weighted by atomic mass is 16.7. The first-order valence-corrected chi connectivity index (χ1v) is 8.40. The lowest BCUT2D eigenvalue weighted by Crippen LogP contribution is -2.32. The fraction of sp³-hybridized carbons (Fsp3) is 0.632. The van der Waals surface area contributed by atoms with Crippen molar-refractivity contribution in [1.29, 1.82) is 0 Å². The van der Waals surface area contributed by atoms with Crippen molar-refractivity contribution in [2.75, 3.05) is 6.79 Å².